The molecule has 33 heavy (non-hydrogen) atoms. The van der Waals surface area contributed by atoms with Crippen molar-refractivity contribution in [3.63, 3.8) is 0 Å². The molecular formula is C26H33N3O4. The SMILES string of the molecule is COc1ccc(-c2[nH]c3ccc(OC4CC(NC(C)=O)CCN4)cc3c2C(C)C)cc1OC. The van der Waals surface area contributed by atoms with Gasteiger partial charge in [-0.2, -0.15) is 0 Å². The summed E-state index contributed by atoms with van der Waals surface area (Å²) in [7, 11) is 3.29. The van der Waals surface area contributed by atoms with E-state index in [2.05, 4.69) is 41.6 Å². The van der Waals surface area contributed by atoms with Gasteiger partial charge in [-0.3, -0.25) is 10.1 Å². The Balaban J connectivity index is 1.66. The predicted octanol–water partition coefficient (Wildman–Crippen LogP) is 4.57. The van der Waals surface area contributed by atoms with E-state index in [0.717, 1.165) is 47.3 Å². The van der Waals surface area contributed by atoms with Gasteiger partial charge in [0.15, 0.2) is 17.7 Å². The maximum absolute atomic E-state index is 11.4. The molecule has 3 N–H and O–H groups in total. The molecule has 3 aromatic rings. The van der Waals surface area contributed by atoms with Gasteiger partial charge < -0.3 is 24.5 Å². The molecule has 7 heteroatoms. The van der Waals surface area contributed by atoms with Crippen LogP contribution >= 0.6 is 0 Å². The maximum Gasteiger partial charge on any atom is 0.217 e. The molecule has 1 amide bonds. The van der Waals surface area contributed by atoms with Crippen LogP contribution in [-0.4, -0.2) is 43.9 Å². The first kappa shape index (κ1) is 23.0. The number of aromatic nitrogens is 1. The topological polar surface area (TPSA) is 84.6 Å². The number of carbonyl (C=O) groups is 1. The fourth-order valence-corrected chi connectivity index (χ4v) is 4.64. The van der Waals surface area contributed by atoms with Crippen LogP contribution in [0.4, 0.5) is 0 Å². The highest BCUT2D eigenvalue weighted by atomic mass is 16.5. The van der Waals surface area contributed by atoms with Crippen LogP contribution in [0.5, 0.6) is 17.2 Å². The van der Waals surface area contributed by atoms with Gasteiger partial charge in [0.25, 0.3) is 0 Å². The van der Waals surface area contributed by atoms with Crippen molar-refractivity contribution in [2.75, 3.05) is 20.8 Å². The molecule has 1 aliphatic heterocycles. The number of hydrogen-bond acceptors (Lipinski definition) is 5. The van der Waals surface area contributed by atoms with Gasteiger partial charge in [-0.25, -0.2) is 0 Å². The lowest BCUT2D eigenvalue weighted by Gasteiger charge is -2.31. The van der Waals surface area contributed by atoms with Crippen LogP contribution in [0.2, 0.25) is 0 Å². The second kappa shape index (κ2) is 9.75. The number of ether oxygens (including phenoxy) is 3. The monoisotopic (exact) mass is 451 g/mol. The van der Waals surface area contributed by atoms with Crippen molar-refractivity contribution in [3.8, 4) is 28.5 Å². The Morgan fingerprint density at radius 3 is 2.58 bits per heavy atom. The first-order valence-electron chi connectivity index (χ1n) is 11.4. The molecule has 4 rings (SSSR count). The molecule has 0 bridgehead atoms. The zero-order valence-electron chi connectivity index (χ0n) is 20.0. The smallest absolute Gasteiger partial charge is 0.217 e. The van der Waals surface area contributed by atoms with Gasteiger partial charge in [0, 0.05) is 42.4 Å². The minimum Gasteiger partial charge on any atom is -0.493 e. The van der Waals surface area contributed by atoms with Crippen molar-refractivity contribution in [1.29, 1.82) is 0 Å². The number of benzene rings is 2. The number of aromatic amines is 1. The van der Waals surface area contributed by atoms with E-state index in [1.807, 2.05) is 24.3 Å². The number of nitrogens with one attached hydrogen (secondary N) is 3. The van der Waals surface area contributed by atoms with E-state index in [1.54, 1.807) is 21.1 Å². The number of carbonyl (C=O) groups excluding carboxylic acids is 1. The Labute approximate surface area is 194 Å². The zero-order chi connectivity index (χ0) is 23.5. The van der Waals surface area contributed by atoms with Crippen molar-refractivity contribution in [2.24, 2.45) is 0 Å². The molecule has 2 heterocycles. The summed E-state index contributed by atoms with van der Waals surface area (Å²) in [5.74, 6) is 2.51. The number of amides is 1. The van der Waals surface area contributed by atoms with E-state index in [4.69, 9.17) is 14.2 Å². The van der Waals surface area contributed by atoms with Crippen molar-refractivity contribution in [3.05, 3.63) is 42.0 Å². The lowest BCUT2D eigenvalue weighted by molar-refractivity contribution is -0.120. The third-order valence-corrected chi connectivity index (χ3v) is 6.11. The third kappa shape index (κ3) is 4.93. The first-order valence-corrected chi connectivity index (χ1v) is 11.4. The second-order valence-electron chi connectivity index (χ2n) is 8.83. The Morgan fingerprint density at radius 2 is 1.88 bits per heavy atom. The molecule has 2 aromatic carbocycles. The average Bonchev–Trinajstić information content (AvgIpc) is 3.17. The molecule has 0 saturated carbocycles. The van der Waals surface area contributed by atoms with Crippen LogP contribution in [0.1, 0.15) is 45.1 Å². The third-order valence-electron chi connectivity index (χ3n) is 6.11. The number of piperidine rings is 1. The minimum absolute atomic E-state index is 0.00124. The van der Waals surface area contributed by atoms with Crippen LogP contribution in [0.15, 0.2) is 36.4 Å². The highest BCUT2D eigenvalue weighted by molar-refractivity contribution is 5.92. The predicted molar refractivity (Wildman–Crippen MR) is 130 cm³/mol. The van der Waals surface area contributed by atoms with E-state index in [-0.39, 0.29) is 18.2 Å². The Hall–Kier alpha value is -3.19. The van der Waals surface area contributed by atoms with Crippen molar-refractivity contribution < 1.29 is 19.0 Å². The molecule has 1 saturated heterocycles. The van der Waals surface area contributed by atoms with E-state index >= 15 is 0 Å². The lowest BCUT2D eigenvalue weighted by Crippen LogP contribution is -2.49. The van der Waals surface area contributed by atoms with Crippen molar-refractivity contribution >= 4 is 16.8 Å². The first-order chi connectivity index (χ1) is 15.9. The van der Waals surface area contributed by atoms with Gasteiger partial charge in [-0.1, -0.05) is 13.8 Å². The molecule has 0 spiro atoms. The standard InChI is InChI=1S/C26H33N3O4/c1-15(2)25-20-14-19(33-24-13-18(10-11-27-24)28-16(3)30)7-8-21(20)29-26(25)17-6-9-22(31-4)23(12-17)32-5/h6-9,12,14-15,18,24,27,29H,10-11,13H2,1-5H3,(H,28,30). The van der Waals surface area contributed by atoms with Gasteiger partial charge in [-0.15, -0.1) is 0 Å². The summed E-state index contributed by atoms with van der Waals surface area (Å²) in [6.45, 7) is 6.76. The molecule has 1 aliphatic rings. The summed E-state index contributed by atoms with van der Waals surface area (Å²) in [4.78, 5) is 15.0. The maximum atomic E-state index is 11.4. The van der Waals surface area contributed by atoms with E-state index in [9.17, 15) is 4.79 Å². The van der Waals surface area contributed by atoms with E-state index in [0.29, 0.717) is 17.4 Å². The molecule has 176 valence electrons. The van der Waals surface area contributed by atoms with Gasteiger partial charge >= 0.3 is 0 Å². The second-order valence-corrected chi connectivity index (χ2v) is 8.83. The van der Waals surface area contributed by atoms with Gasteiger partial charge in [-0.05, 0) is 54.3 Å². The van der Waals surface area contributed by atoms with E-state index < -0.39 is 0 Å². The number of rotatable bonds is 7. The molecular weight excluding hydrogens is 418 g/mol. The van der Waals surface area contributed by atoms with Crippen molar-refractivity contribution in [2.45, 2.75) is 51.8 Å². The van der Waals surface area contributed by atoms with Gasteiger partial charge in [0.1, 0.15) is 5.75 Å². The highest BCUT2D eigenvalue weighted by Crippen LogP contribution is 2.40. The van der Waals surface area contributed by atoms with Crippen LogP contribution in [0, 0.1) is 0 Å². The summed E-state index contributed by atoms with van der Waals surface area (Å²) >= 11 is 0. The summed E-state index contributed by atoms with van der Waals surface area (Å²) in [6, 6.07) is 12.3. The van der Waals surface area contributed by atoms with Crippen LogP contribution in [0.3, 0.4) is 0 Å². The Kier molecular flexibility index (Phi) is 6.79. The summed E-state index contributed by atoms with van der Waals surface area (Å²) in [6.07, 6.45) is 1.50. The number of fused-ring (bicyclic) bond motifs is 1. The minimum atomic E-state index is -0.139. The quantitative estimate of drug-likeness (QED) is 0.490. The normalized spacial score (nSPS) is 18.4. The molecule has 0 aliphatic carbocycles. The van der Waals surface area contributed by atoms with Crippen LogP contribution in [-0.2, 0) is 4.79 Å². The molecule has 2 unspecified atom stereocenters. The van der Waals surface area contributed by atoms with E-state index in [1.165, 1.54) is 5.56 Å². The number of methoxy groups -OCH3 is 2. The summed E-state index contributed by atoms with van der Waals surface area (Å²) < 4.78 is 17.2. The van der Waals surface area contributed by atoms with Crippen molar-refractivity contribution in [1.82, 2.24) is 15.6 Å². The molecule has 2 atom stereocenters. The number of H-pyrrole nitrogens is 1. The Bertz CT molecular complexity index is 1140. The largest absolute Gasteiger partial charge is 0.493 e. The molecule has 7 nitrogen and oxygen atoms in total. The number of hydrogen-bond donors (Lipinski definition) is 3. The molecule has 1 fully saturated rings. The lowest BCUT2D eigenvalue weighted by atomic mass is 9.96. The molecule has 1 aromatic heterocycles. The summed E-state index contributed by atoms with van der Waals surface area (Å²) in [5.41, 5.74) is 4.40. The Morgan fingerprint density at radius 1 is 1.09 bits per heavy atom. The fourth-order valence-electron chi connectivity index (χ4n) is 4.64. The van der Waals surface area contributed by atoms with Gasteiger partial charge in [0.05, 0.1) is 19.9 Å². The van der Waals surface area contributed by atoms with Crippen LogP contribution < -0.4 is 24.8 Å². The molecule has 0 radical (unpaired) electrons. The zero-order valence-corrected chi connectivity index (χ0v) is 20.0. The fraction of sp³-hybridized carbons (Fsp3) is 0.423. The average molecular weight is 452 g/mol. The van der Waals surface area contributed by atoms with Crippen LogP contribution in [0.25, 0.3) is 22.2 Å². The highest BCUT2D eigenvalue weighted by Gasteiger charge is 2.24. The summed E-state index contributed by atoms with van der Waals surface area (Å²) in [5, 5.41) is 7.55. The van der Waals surface area contributed by atoms with Gasteiger partial charge in [0.2, 0.25) is 5.91 Å².